The molecule has 3 rings (SSSR count). The van der Waals surface area contributed by atoms with Crippen molar-refractivity contribution in [2.45, 2.75) is 32.0 Å². The normalized spacial score (nSPS) is 11.3. The summed E-state index contributed by atoms with van der Waals surface area (Å²) in [5.41, 5.74) is 4.63. The molecule has 0 saturated carbocycles. The number of aliphatic hydroxyl groups excluding tert-OH is 1. The zero-order chi connectivity index (χ0) is 28.0. The molecule has 0 aliphatic rings. The molecule has 0 fully saturated rings. The van der Waals surface area contributed by atoms with Crippen LogP contribution < -0.4 is 14.2 Å². The van der Waals surface area contributed by atoms with Gasteiger partial charge in [0.2, 0.25) is 6.29 Å². The number of benzene rings is 3. The lowest BCUT2D eigenvalue weighted by Gasteiger charge is -2.18. The first-order valence-corrected chi connectivity index (χ1v) is 12.9. The fourth-order valence-electron chi connectivity index (χ4n) is 3.28. The van der Waals surface area contributed by atoms with E-state index in [0.717, 1.165) is 27.1 Å². The van der Waals surface area contributed by atoms with Crippen molar-refractivity contribution in [3.63, 3.8) is 0 Å². The molecule has 196 valence electrons. The maximum atomic E-state index is 12.3. The zero-order valence-electron chi connectivity index (χ0n) is 21.9. The van der Waals surface area contributed by atoms with Gasteiger partial charge in [-0.2, -0.15) is 0 Å². The molecule has 0 saturated heterocycles. The van der Waals surface area contributed by atoms with Crippen LogP contribution in [0.1, 0.15) is 20.8 Å². The number of carbonyl (C=O) groups excluding carboxylic acids is 2. The molecule has 1 unspecified atom stereocenters. The van der Waals surface area contributed by atoms with E-state index in [9.17, 15) is 14.7 Å². The van der Waals surface area contributed by atoms with Gasteiger partial charge in [-0.15, -0.1) is 11.8 Å². The quantitative estimate of drug-likeness (QED) is 0.0756. The second-order valence-electron chi connectivity index (χ2n) is 8.76. The third kappa shape index (κ3) is 7.03. The summed E-state index contributed by atoms with van der Waals surface area (Å²) >= 11 is 1.57. The summed E-state index contributed by atoms with van der Waals surface area (Å²) in [5, 5.41) is 10.1. The Balaban J connectivity index is 1.96. The minimum Gasteiger partial charge on any atom is -0.457 e. The molecule has 0 spiro atoms. The van der Waals surface area contributed by atoms with Gasteiger partial charge in [-0.25, -0.2) is 9.59 Å². The average Bonchev–Trinajstić information content (AvgIpc) is 2.89. The molecular weight excluding hydrogens is 500 g/mol. The van der Waals surface area contributed by atoms with Crippen molar-refractivity contribution >= 4 is 23.7 Å². The molecule has 0 amide bonds. The highest BCUT2D eigenvalue weighted by atomic mass is 32.2. The molecular formula is C31H30O6S. The van der Waals surface area contributed by atoms with E-state index in [1.807, 2.05) is 36.6 Å². The largest absolute Gasteiger partial charge is 0.457 e. The van der Waals surface area contributed by atoms with Crippen molar-refractivity contribution < 1.29 is 28.9 Å². The van der Waals surface area contributed by atoms with Gasteiger partial charge < -0.3 is 19.3 Å². The zero-order valence-corrected chi connectivity index (χ0v) is 22.7. The lowest BCUT2D eigenvalue weighted by Crippen LogP contribution is -2.17. The first-order chi connectivity index (χ1) is 18.0. The molecule has 0 aliphatic carbocycles. The molecule has 38 heavy (non-hydrogen) atoms. The number of rotatable bonds is 10. The van der Waals surface area contributed by atoms with Crippen LogP contribution in [0.25, 0.3) is 22.3 Å². The van der Waals surface area contributed by atoms with Gasteiger partial charge in [0, 0.05) is 16.0 Å². The van der Waals surface area contributed by atoms with Crippen molar-refractivity contribution in [1.29, 1.82) is 0 Å². The van der Waals surface area contributed by atoms with Crippen molar-refractivity contribution in [2.24, 2.45) is 0 Å². The molecule has 7 heteroatoms. The Bertz CT molecular complexity index is 1400. The van der Waals surface area contributed by atoms with Crippen LogP contribution in [0.3, 0.4) is 0 Å². The lowest BCUT2D eigenvalue weighted by molar-refractivity contribution is -0.131. The molecule has 0 radical (unpaired) electrons. The van der Waals surface area contributed by atoms with Crippen molar-refractivity contribution in [3.8, 4) is 39.5 Å². The Morgan fingerprint density at radius 2 is 1.34 bits per heavy atom. The third-order valence-electron chi connectivity index (χ3n) is 5.41. The highest BCUT2D eigenvalue weighted by molar-refractivity contribution is 7.98. The number of carbonyl (C=O) groups is 2. The van der Waals surface area contributed by atoms with E-state index in [0.29, 0.717) is 16.9 Å². The standard InChI is InChI=1S/C31H30O6S/c1-18(2)29(32)35-24-12-8-21(9-13-24)22-10-14-25(28(17-22)38-7)23-11-15-26(36-30(33)19(3)4)27(16-23)37-31(34)20(5)6/h8-17,30,33H,1,3,5H2,2,4,6-7H3. The SMILES string of the molecule is C=C(C)C(=O)Oc1ccc(-c2ccc(-c3ccc(OC(O)C(=C)C)c(OC(=O)C(=C)C)c3)c(SC)c2)cc1. The van der Waals surface area contributed by atoms with Crippen molar-refractivity contribution in [3.05, 3.63) is 97.1 Å². The summed E-state index contributed by atoms with van der Waals surface area (Å²) in [7, 11) is 0. The fraction of sp³-hybridized carbons (Fsp3) is 0.161. The molecule has 0 aliphatic heterocycles. The van der Waals surface area contributed by atoms with Gasteiger partial charge in [0.05, 0.1) is 0 Å². The molecule has 1 atom stereocenters. The smallest absolute Gasteiger partial charge is 0.338 e. The Morgan fingerprint density at radius 1 is 0.763 bits per heavy atom. The summed E-state index contributed by atoms with van der Waals surface area (Å²) in [5.74, 6) is -0.264. The number of esters is 2. The highest BCUT2D eigenvalue weighted by Gasteiger charge is 2.18. The van der Waals surface area contributed by atoms with Gasteiger partial charge >= 0.3 is 11.9 Å². The van der Waals surface area contributed by atoms with Gasteiger partial charge in [0.15, 0.2) is 11.5 Å². The Hall–Kier alpha value is -4.07. The van der Waals surface area contributed by atoms with E-state index in [2.05, 4.69) is 25.8 Å². The van der Waals surface area contributed by atoms with E-state index in [1.165, 1.54) is 0 Å². The predicted octanol–water partition coefficient (Wildman–Crippen LogP) is 6.98. The van der Waals surface area contributed by atoms with Gasteiger partial charge in [-0.3, -0.25) is 0 Å². The van der Waals surface area contributed by atoms with E-state index >= 15 is 0 Å². The number of hydrogen-bond acceptors (Lipinski definition) is 7. The number of hydrogen-bond donors (Lipinski definition) is 1. The van der Waals surface area contributed by atoms with Gasteiger partial charge in [-0.1, -0.05) is 50.1 Å². The Labute approximate surface area is 227 Å². The van der Waals surface area contributed by atoms with Crippen LogP contribution in [0.5, 0.6) is 17.2 Å². The Kier molecular flexibility index (Phi) is 9.34. The van der Waals surface area contributed by atoms with Crippen LogP contribution >= 0.6 is 11.8 Å². The molecule has 6 nitrogen and oxygen atoms in total. The van der Waals surface area contributed by atoms with Crippen LogP contribution in [0.2, 0.25) is 0 Å². The molecule has 1 N–H and O–H groups in total. The predicted molar refractivity (Wildman–Crippen MR) is 151 cm³/mol. The molecule has 3 aromatic rings. The van der Waals surface area contributed by atoms with Gasteiger partial charge in [-0.05, 0) is 85.2 Å². The maximum Gasteiger partial charge on any atom is 0.338 e. The minimum absolute atomic E-state index is 0.159. The van der Waals surface area contributed by atoms with Gasteiger partial charge in [0.25, 0.3) is 0 Å². The first-order valence-electron chi connectivity index (χ1n) is 11.7. The van der Waals surface area contributed by atoms with Crippen molar-refractivity contribution in [2.75, 3.05) is 6.26 Å². The third-order valence-corrected chi connectivity index (χ3v) is 6.19. The molecule has 0 aromatic heterocycles. The summed E-state index contributed by atoms with van der Waals surface area (Å²) in [6.45, 7) is 15.7. The summed E-state index contributed by atoms with van der Waals surface area (Å²) < 4.78 is 16.4. The summed E-state index contributed by atoms with van der Waals surface area (Å²) in [6, 6.07) is 18.4. The molecule has 3 aromatic carbocycles. The lowest BCUT2D eigenvalue weighted by atomic mass is 9.99. The Morgan fingerprint density at radius 3 is 1.92 bits per heavy atom. The monoisotopic (exact) mass is 530 g/mol. The van der Waals surface area contributed by atoms with E-state index < -0.39 is 18.2 Å². The maximum absolute atomic E-state index is 12.3. The summed E-state index contributed by atoms with van der Waals surface area (Å²) in [4.78, 5) is 25.0. The van der Waals surface area contributed by atoms with Crippen LogP contribution in [0, 0.1) is 0 Å². The number of ether oxygens (including phenoxy) is 3. The minimum atomic E-state index is -1.25. The van der Waals surface area contributed by atoms with Gasteiger partial charge in [0.1, 0.15) is 5.75 Å². The average molecular weight is 531 g/mol. The van der Waals surface area contributed by atoms with E-state index in [1.54, 1.807) is 56.8 Å². The topological polar surface area (TPSA) is 82.1 Å². The number of aliphatic hydroxyl groups is 1. The second kappa shape index (κ2) is 12.4. The van der Waals surface area contributed by atoms with Crippen LogP contribution in [0.4, 0.5) is 0 Å². The molecule has 0 heterocycles. The van der Waals surface area contributed by atoms with Crippen LogP contribution in [-0.4, -0.2) is 29.6 Å². The fourth-order valence-corrected chi connectivity index (χ4v) is 3.93. The second-order valence-corrected chi connectivity index (χ2v) is 9.61. The summed E-state index contributed by atoms with van der Waals surface area (Å²) in [6.07, 6.45) is 0.728. The molecule has 0 bridgehead atoms. The van der Waals surface area contributed by atoms with E-state index in [-0.39, 0.29) is 17.1 Å². The number of thioether (sulfide) groups is 1. The van der Waals surface area contributed by atoms with Crippen molar-refractivity contribution in [1.82, 2.24) is 0 Å². The highest BCUT2D eigenvalue weighted by Crippen LogP contribution is 2.39. The van der Waals surface area contributed by atoms with E-state index in [4.69, 9.17) is 14.2 Å². The van der Waals surface area contributed by atoms with Crippen LogP contribution in [0.15, 0.2) is 102 Å². The van der Waals surface area contributed by atoms with Crippen LogP contribution in [-0.2, 0) is 9.59 Å². The first kappa shape index (κ1) is 28.5.